The average Bonchev–Trinajstić information content (AvgIpc) is 2.41. The van der Waals surface area contributed by atoms with Crippen LogP contribution in [-0.2, 0) is 19.6 Å². The Morgan fingerprint density at radius 2 is 1.52 bits per heavy atom. The van der Waals surface area contributed by atoms with E-state index in [9.17, 15) is 22.9 Å². The Hall–Kier alpha value is 0.340. The van der Waals surface area contributed by atoms with Crippen molar-refractivity contribution in [3.8, 4) is 0 Å². The molecule has 0 aliphatic rings. The van der Waals surface area contributed by atoms with E-state index in [4.69, 9.17) is 4.74 Å². The molecule has 0 radical (unpaired) electrons. The summed E-state index contributed by atoms with van der Waals surface area (Å²) in [7, 11) is -4.50. The largest absolute Gasteiger partial charge is 1.00 e. The van der Waals surface area contributed by atoms with Crippen LogP contribution in [0.15, 0.2) is 0 Å². The van der Waals surface area contributed by atoms with Crippen LogP contribution in [-0.4, -0.2) is 42.5 Å². The van der Waals surface area contributed by atoms with Crippen molar-refractivity contribution in [3.63, 3.8) is 0 Å². The number of aliphatic hydroxyl groups is 1. The van der Waals surface area contributed by atoms with Gasteiger partial charge in [0, 0.05) is 6.42 Å². The second kappa shape index (κ2) is 15.8. The van der Waals surface area contributed by atoms with Gasteiger partial charge < -0.3 is 14.4 Å². The van der Waals surface area contributed by atoms with Gasteiger partial charge in [0.05, 0.1) is 15.9 Å². The smallest absolute Gasteiger partial charge is 0.748 e. The van der Waals surface area contributed by atoms with E-state index in [1.54, 1.807) is 0 Å². The third kappa shape index (κ3) is 20.3. The van der Waals surface area contributed by atoms with Crippen LogP contribution in [0.3, 0.4) is 0 Å². The fourth-order valence-electron chi connectivity index (χ4n) is 2.13. The zero-order valence-corrected chi connectivity index (χ0v) is 17.3. The molecule has 1 N–H and O–H groups in total. The van der Waals surface area contributed by atoms with E-state index in [-0.39, 0.29) is 36.0 Å². The van der Waals surface area contributed by atoms with Crippen molar-refractivity contribution in [1.29, 1.82) is 0 Å². The molecule has 0 fully saturated rings. The summed E-state index contributed by atoms with van der Waals surface area (Å²) in [5.41, 5.74) is 0. The maximum atomic E-state index is 11.4. The summed E-state index contributed by atoms with van der Waals surface area (Å²) >= 11 is 0. The predicted octanol–water partition coefficient (Wildman–Crippen LogP) is -0.639. The summed E-state index contributed by atoms with van der Waals surface area (Å²) in [5.74, 6) is -1.40. The Balaban J connectivity index is 0. The van der Waals surface area contributed by atoms with Gasteiger partial charge in [-0.05, 0) is 6.42 Å². The minimum absolute atomic E-state index is 0. The fourth-order valence-corrected chi connectivity index (χ4v) is 2.69. The maximum absolute atomic E-state index is 11.4. The van der Waals surface area contributed by atoms with Gasteiger partial charge in [0.25, 0.3) is 0 Å². The number of rotatable bonds is 14. The molecule has 8 heteroatoms. The molecule has 0 heterocycles. The predicted molar refractivity (Wildman–Crippen MR) is 83.4 cm³/mol. The number of esters is 1. The third-order valence-electron chi connectivity index (χ3n) is 3.32. The molecule has 0 saturated carbocycles. The Kier molecular flexibility index (Phi) is 17.6. The van der Waals surface area contributed by atoms with Gasteiger partial charge in [-0.3, -0.25) is 4.79 Å². The second-order valence-corrected chi connectivity index (χ2v) is 7.09. The van der Waals surface area contributed by atoms with E-state index in [1.807, 2.05) is 0 Å². The van der Waals surface area contributed by atoms with E-state index in [2.05, 4.69) is 6.92 Å². The molecular formula is C15H29NaO6S. The monoisotopic (exact) mass is 360 g/mol. The molecule has 0 aromatic rings. The molecule has 23 heavy (non-hydrogen) atoms. The minimum atomic E-state index is -4.50. The first kappa shape index (κ1) is 25.6. The summed E-state index contributed by atoms with van der Waals surface area (Å²) in [4.78, 5) is 11.4. The number of hydrogen-bond donors (Lipinski definition) is 1. The van der Waals surface area contributed by atoms with Gasteiger partial charge >= 0.3 is 35.5 Å². The number of ether oxygens (including phenoxy) is 1. The summed E-state index contributed by atoms with van der Waals surface area (Å²) in [6.45, 7) is 1.75. The van der Waals surface area contributed by atoms with E-state index in [0.29, 0.717) is 0 Å². The van der Waals surface area contributed by atoms with Crippen LogP contribution in [0.2, 0.25) is 0 Å². The molecule has 1 unspecified atom stereocenters. The molecular weight excluding hydrogens is 331 g/mol. The molecule has 0 rings (SSSR count). The molecule has 0 aliphatic heterocycles. The van der Waals surface area contributed by atoms with Crippen LogP contribution in [0.1, 0.15) is 71.1 Å². The Labute approximate surface area is 162 Å². The van der Waals surface area contributed by atoms with Crippen molar-refractivity contribution >= 4 is 16.1 Å². The number of hydrogen-bond acceptors (Lipinski definition) is 6. The van der Waals surface area contributed by atoms with Crippen molar-refractivity contribution in [2.45, 2.75) is 77.2 Å². The molecule has 1 atom stereocenters. The van der Waals surface area contributed by atoms with E-state index < -0.39 is 34.6 Å². The van der Waals surface area contributed by atoms with Gasteiger partial charge in [-0.2, -0.15) is 0 Å². The van der Waals surface area contributed by atoms with Gasteiger partial charge in [0.1, 0.15) is 12.7 Å². The summed E-state index contributed by atoms with van der Waals surface area (Å²) in [6.07, 6.45) is 9.12. The molecule has 0 amide bonds. The van der Waals surface area contributed by atoms with Crippen molar-refractivity contribution in [2.24, 2.45) is 0 Å². The Bertz CT molecular complexity index is 385. The first-order valence-electron chi connectivity index (χ1n) is 8.12. The van der Waals surface area contributed by atoms with Gasteiger partial charge in [-0.25, -0.2) is 8.42 Å². The standard InChI is InChI=1S/C15H30O6S.Na/c1-2-3-4-5-6-7-8-9-10-11-15(17)21-12-14(16)13-22(18,19)20;/h14,16H,2-13H2,1H3,(H,18,19,20);/q;+1/p-1. The molecule has 0 saturated heterocycles. The quantitative estimate of drug-likeness (QED) is 0.191. The first-order valence-corrected chi connectivity index (χ1v) is 9.70. The van der Waals surface area contributed by atoms with Crippen molar-refractivity contribution in [3.05, 3.63) is 0 Å². The molecule has 0 bridgehead atoms. The molecule has 0 aromatic carbocycles. The van der Waals surface area contributed by atoms with E-state index in [1.165, 1.54) is 38.5 Å². The number of carbonyl (C=O) groups is 1. The number of aliphatic hydroxyl groups excluding tert-OH is 1. The molecule has 0 spiro atoms. The topological polar surface area (TPSA) is 104 Å². The SMILES string of the molecule is CCCCCCCCCCCC(=O)OCC(O)CS(=O)(=O)[O-].[Na+]. The minimum Gasteiger partial charge on any atom is -0.748 e. The fraction of sp³-hybridized carbons (Fsp3) is 0.933. The number of unbranched alkanes of at least 4 members (excludes halogenated alkanes) is 8. The molecule has 0 aromatic heterocycles. The van der Waals surface area contributed by atoms with E-state index >= 15 is 0 Å². The first-order chi connectivity index (χ1) is 10.3. The maximum Gasteiger partial charge on any atom is 1.00 e. The van der Waals surface area contributed by atoms with E-state index in [0.717, 1.165) is 19.3 Å². The van der Waals surface area contributed by atoms with Crippen molar-refractivity contribution < 1.29 is 57.2 Å². The zero-order chi connectivity index (χ0) is 16.8. The summed E-state index contributed by atoms with van der Waals surface area (Å²) in [6, 6.07) is 0. The summed E-state index contributed by atoms with van der Waals surface area (Å²) < 4.78 is 35.9. The molecule has 0 aliphatic carbocycles. The van der Waals surface area contributed by atoms with Crippen LogP contribution < -0.4 is 29.6 Å². The van der Waals surface area contributed by atoms with Crippen LogP contribution in [0.5, 0.6) is 0 Å². The molecule has 6 nitrogen and oxygen atoms in total. The van der Waals surface area contributed by atoms with Gasteiger partial charge in [0.15, 0.2) is 0 Å². The molecule has 132 valence electrons. The number of carbonyl (C=O) groups excluding carboxylic acids is 1. The normalized spacial score (nSPS) is 12.5. The van der Waals surface area contributed by atoms with Crippen LogP contribution in [0.25, 0.3) is 0 Å². The Morgan fingerprint density at radius 1 is 1.04 bits per heavy atom. The zero-order valence-electron chi connectivity index (χ0n) is 14.5. The van der Waals surface area contributed by atoms with Crippen molar-refractivity contribution in [1.82, 2.24) is 0 Å². The van der Waals surface area contributed by atoms with Gasteiger partial charge in [-0.1, -0.05) is 58.3 Å². The van der Waals surface area contributed by atoms with Crippen LogP contribution in [0, 0.1) is 0 Å². The second-order valence-electron chi connectivity index (χ2n) is 5.64. The van der Waals surface area contributed by atoms with Crippen molar-refractivity contribution in [2.75, 3.05) is 12.4 Å². The van der Waals surface area contributed by atoms with Crippen LogP contribution in [0.4, 0.5) is 0 Å². The third-order valence-corrected chi connectivity index (χ3v) is 4.11. The average molecular weight is 360 g/mol. The van der Waals surface area contributed by atoms with Crippen LogP contribution >= 0.6 is 0 Å². The van der Waals surface area contributed by atoms with Gasteiger partial charge in [0.2, 0.25) is 0 Å². The van der Waals surface area contributed by atoms with Gasteiger partial charge in [-0.15, -0.1) is 0 Å². The summed E-state index contributed by atoms with van der Waals surface area (Å²) in [5, 5.41) is 9.21. The Morgan fingerprint density at radius 3 is 2.00 bits per heavy atom.